The molecule has 0 saturated carbocycles. The van der Waals surface area contributed by atoms with Gasteiger partial charge >= 0.3 is 0 Å². The van der Waals surface area contributed by atoms with Crippen molar-refractivity contribution in [2.24, 2.45) is 0 Å². The van der Waals surface area contributed by atoms with Crippen molar-refractivity contribution in [3.8, 4) is 5.75 Å². The minimum Gasteiger partial charge on any atom is -0.496 e. The molecule has 0 atom stereocenters. The average Bonchev–Trinajstić information content (AvgIpc) is 2.49. The van der Waals surface area contributed by atoms with Gasteiger partial charge in [-0.2, -0.15) is 0 Å². The Morgan fingerprint density at radius 3 is 2.62 bits per heavy atom. The molecule has 0 aromatic heterocycles. The van der Waals surface area contributed by atoms with Gasteiger partial charge in [-0.3, -0.25) is 10.1 Å². The van der Waals surface area contributed by atoms with Gasteiger partial charge < -0.3 is 10.1 Å². The van der Waals surface area contributed by atoms with Crippen LogP contribution in [0, 0.1) is 17.0 Å². The van der Waals surface area contributed by atoms with Crippen LogP contribution in [0.25, 0.3) is 0 Å². The van der Waals surface area contributed by atoms with Crippen LogP contribution in [0.5, 0.6) is 5.75 Å². The first-order chi connectivity index (χ1) is 10.1. The van der Waals surface area contributed by atoms with Crippen molar-refractivity contribution in [3.05, 3.63) is 69.3 Å². The number of methoxy groups -OCH3 is 1. The fourth-order valence-corrected chi connectivity index (χ4v) is 2.12. The van der Waals surface area contributed by atoms with Gasteiger partial charge in [-0.15, -0.1) is 0 Å². The maximum atomic E-state index is 10.9. The van der Waals surface area contributed by atoms with Gasteiger partial charge in [0.15, 0.2) is 0 Å². The number of nitrogens with zero attached hydrogens (tertiary/aromatic N) is 1. The Hall–Kier alpha value is -2.40. The van der Waals surface area contributed by atoms with E-state index < -0.39 is 4.92 Å². The zero-order valence-corrected chi connectivity index (χ0v) is 12.1. The third-order valence-electron chi connectivity index (χ3n) is 3.30. The van der Waals surface area contributed by atoms with Crippen LogP contribution in [-0.4, -0.2) is 12.0 Å². The van der Waals surface area contributed by atoms with Gasteiger partial charge in [-0.1, -0.05) is 24.3 Å². The fraction of sp³-hybridized carbons (Fsp3) is 0.250. The number of nitro benzene ring substituents is 1. The highest BCUT2D eigenvalue weighted by molar-refractivity contribution is 5.42. The molecule has 0 fully saturated rings. The number of hydrogen-bond donors (Lipinski definition) is 1. The van der Waals surface area contributed by atoms with E-state index in [-0.39, 0.29) is 5.69 Å². The van der Waals surface area contributed by atoms with Crippen molar-refractivity contribution in [1.82, 2.24) is 5.32 Å². The van der Waals surface area contributed by atoms with E-state index in [0.29, 0.717) is 12.3 Å². The third kappa shape index (κ3) is 4.03. The number of nitrogens with one attached hydrogen (secondary N) is 1. The highest BCUT2D eigenvalue weighted by Gasteiger charge is 2.10. The number of non-ortho nitro benzene ring substituents is 1. The number of aryl methyl sites for hydroxylation is 1. The van der Waals surface area contributed by atoms with Gasteiger partial charge in [0.2, 0.25) is 0 Å². The summed E-state index contributed by atoms with van der Waals surface area (Å²) in [7, 11) is 1.50. The van der Waals surface area contributed by atoms with Crippen LogP contribution in [-0.2, 0) is 13.1 Å². The molecular weight excluding hydrogens is 268 g/mol. The summed E-state index contributed by atoms with van der Waals surface area (Å²) in [4.78, 5) is 10.5. The predicted molar refractivity (Wildman–Crippen MR) is 81.4 cm³/mol. The highest BCUT2D eigenvalue weighted by atomic mass is 16.6. The second-order valence-corrected chi connectivity index (χ2v) is 4.83. The normalized spacial score (nSPS) is 10.4. The summed E-state index contributed by atoms with van der Waals surface area (Å²) in [5.74, 6) is 0.497. The lowest BCUT2D eigenvalue weighted by atomic mass is 10.1. The molecule has 110 valence electrons. The zero-order chi connectivity index (χ0) is 15.2. The van der Waals surface area contributed by atoms with E-state index in [1.807, 2.05) is 12.1 Å². The largest absolute Gasteiger partial charge is 0.496 e. The first kappa shape index (κ1) is 15.0. The summed E-state index contributed by atoms with van der Waals surface area (Å²) in [5, 5.41) is 14.2. The van der Waals surface area contributed by atoms with Gasteiger partial charge in [0.1, 0.15) is 5.75 Å². The molecule has 5 heteroatoms. The zero-order valence-electron chi connectivity index (χ0n) is 12.1. The van der Waals surface area contributed by atoms with E-state index in [1.165, 1.54) is 24.3 Å². The molecule has 0 amide bonds. The molecule has 0 radical (unpaired) electrons. The maximum Gasteiger partial charge on any atom is 0.273 e. The number of ether oxygens (including phenoxy) is 1. The summed E-state index contributed by atoms with van der Waals surface area (Å²) in [6.45, 7) is 3.33. The highest BCUT2D eigenvalue weighted by Crippen LogP contribution is 2.22. The smallest absolute Gasteiger partial charge is 0.273 e. The van der Waals surface area contributed by atoms with E-state index >= 15 is 0 Å². The fourth-order valence-electron chi connectivity index (χ4n) is 2.12. The standard InChI is InChI=1S/C16H18N2O3/c1-12-5-3-4-6-14(12)11-17-10-13-7-15(18(19)20)9-16(8-13)21-2/h3-9,17H,10-11H2,1-2H3. The molecule has 0 spiro atoms. The Morgan fingerprint density at radius 2 is 1.95 bits per heavy atom. The van der Waals surface area contributed by atoms with E-state index in [2.05, 4.69) is 24.4 Å². The Bertz CT molecular complexity index is 641. The van der Waals surface area contributed by atoms with Crippen molar-refractivity contribution in [3.63, 3.8) is 0 Å². The van der Waals surface area contributed by atoms with Gasteiger partial charge in [0.25, 0.3) is 5.69 Å². The van der Waals surface area contributed by atoms with E-state index in [1.54, 1.807) is 12.1 Å². The van der Waals surface area contributed by atoms with Crippen LogP contribution >= 0.6 is 0 Å². The summed E-state index contributed by atoms with van der Waals surface area (Å²) < 4.78 is 5.10. The van der Waals surface area contributed by atoms with E-state index in [9.17, 15) is 10.1 Å². The molecule has 0 unspecified atom stereocenters. The number of hydrogen-bond acceptors (Lipinski definition) is 4. The first-order valence-corrected chi connectivity index (χ1v) is 6.67. The molecule has 2 rings (SSSR count). The van der Waals surface area contributed by atoms with Gasteiger partial charge in [-0.25, -0.2) is 0 Å². The third-order valence-corrected chi connectivity index (χ3v) is 3.30. The molecule has 5 nitrogen and oxygen atoms in total. The predicted octanol–water partition coefficient (Wildman–Crippen LogP) is 3.20. The van der Waals surface area contributed by atoms with E-state index in [4.69, 9.17) is 4.74 Å². The Balaban J connectivity index is 2.04. The number of nitro groups is 1. The molecule has 1 N–H and O–H groups in total. The van der Waals surface area contributed by atoms with E-state index in [0.717, 1.165) is 12.1 Å². The van der Waals surface area contributed by atoms with Crippen molar-refractivity contribution in [2.75, 3.05) is 7.11 Å². The summed E-state index contributed by atoms with van der Waals surface area (Å²) in [5.41, 5.74) is 3.31. The van der Waals surface area contributed by atoms with Crippen LogP contribution in [0.3, 0.4) is 0 Å². The van der Waals surface area contributed by atoms with Crippen LogP contribution in [0.1, 0.15) is 16.7 Å². The lowest BCUT2D eigenvalue weighted by molar-refractivity contribution is -0.385. The molecule has 2 aromatic carbocycles. The van der Waals surface area contributed by atoms with Crippen molar-refractivity contribution in [1.29, 1.82) is 0 Å². The Kier molecular flexibility index (Phi) is 4.90. The Morgan fingerprint density at radius 1 is 1.19 bits per heavy atom. The molecule has 2 aromatic rings. The summed E-state index contributed by atoms with van der Waals surface area (Å²) in [6.07, 6.45) is 0. The second-order valence-electron chi connectivity index (χ2n) is 4.83. The summed E-state index contributed by atoms with van der Waals surface area (Å²) >= 11 is 0. The van der Waals surface area contributed by atoms with Crippen LogP contribution in [0.15, 0.2) is 42.5 Å². The minimum atomic E-state index is -0.409. The van der Waals surface area contributed by atoms with Crippen molar-refractivity contribution in [2.45, 2.75) is 20.0 Å². The molecule has 0 aliphatic carbocycles. The van der Waals surface area contributed by atoms with Gasteiger partial charge in [0, 0.05) is 19.2 Å². The van der Waals surface area contributed by atoms with Crippen LogP contribution in [0.2, 0.25) is 0 Å². The second kappa shape index (κ2) is 6.85. The van der Waals surface area contributed by atoms with Crippen LogP contribution in [0.4, 0.5) is 5.69 Å². The van der Waals surface area contributed by atoms with Crippen molar-refractivity contribution < 1.29 is 9.66 Å². The molecule has 21 heavy (non-hydrogen) atoms. The molecule has 0 aliphatic rings. The SMILES string of the molecule is COc1cc(CNCc2ccccc2C)cc([N+](=O)[O-])c1. The average molecular weight is 286 g/mol. The topological polar surface area (TPSA) is 64.4 Å². The van der Waals surface area contributed by atoms with Crippen molar-refractivity contribution >= 4 is 5.69 Å². The number of benzene rings is 2. The lowest BCUT2D eigenvalue weighted by Crippen LogP contribution is -2.13. The lowest BCUT2D eigenvalue weighted by Gasteiger charge is -2.09. The quantitative estimate of drug-likeness (QED) is 0.654. The van der Waals surface area contributed by atoms with Gasteiger partial charge in [-0.05, 0) is 29.7 Å². The van der Waals surface area contributed by atoms with Crippen LogP contribution < -0.4 is 10.1 Å². The monoisotopic (exact) mass is 286 g/mol. The summed E-state index contributed by atoms with van der Waals surface area (Å²) in [6, 6.07) is 12.9. The molecular formula is C16H18N2O3. The molecule has 0 heterocycles. The molecule has 0 aliphatic heterocycles. The number of rotatable bonds is 6. The molecule has 0 bridgehead atoms. The maximum absolute atomic E-state index is 10.9. The molecule has 0 saturated heterocycles. The first-order valence-electron chi connectivity index (χ1n) is 6.67. The Labute approximate surface area is 123 Å². The van der Waals surface area contributed by atoms with Gasteiger partial charge in [0.05, 0.1) is 18.1 Å². The minimum absolute atomic E-state index is 0.0436.